The van der Waals surface area contributed by atoms with Crippen molar-refractivity contribution < 1.29 is 4.74 Å². The second-order valence-electron chi connectivity index (χ2n) is 2.86. The second kappa shape index (κ2) is 3.45. The Morgan fingerprint density at radius 1 is 1.55 bits per heavy atom. The van der Waals surface area contributed by atoms with Gasteiger partial charge in [0, 0.05) is 5.75 Å². The number of hydrogen-bond acceptors (Lipinski definition) is 4. The van der Waals surface area contributed by atoms with E-state index in [0.717, 1.165) is 18.9 Å². The second-order valence-corrected chi connectivity index (χ2v) is 4.01. The summed E-state index contributed by atoms with van der Waals surface area (Å²) in [4.78, 5) is 0. The van der Waals surface area contributed by atoms with Crippen LogP contribution in [0.2, 0.25) is 0 Å². The summed E-state index contributed by atoms with van der Waals surface area (Å²) in [6, 6.07) is 0.605. The Balaban J connectivity index is 1.72. The Morgan fingerprint density at radius 3 is 3.00 bits per heavy atom. The lowest BCUT2D eigenvalue weighted by atomic mass is 10.3. The van der Waals surface area contributed by atoms with Crippen LogP contribution < -0.4 is 5.43 Å². The Bertz CT molecular complexity index is 160. The molecule has 0 saturated carbocycles. The van der Waals surface area contributed by atoms with E-state index in [-0.39, 0.29) is 0 Å². The largest absolute Gasteiger partial charge is 0.369 e. The fourth-order valence-electron chi connectivity index (χ4n) is 1.08. The van der Waals surface area contributed by atoms with Gasteiger partial charge in [0.05, 0.1) is 25.0 Å². The van der Waals surface area contributed by atoms with Crippen LogP contribution in [0.15, 0.2) is 5.10 Å². The molecule has 0 aromatic rings. The van der Waals surface area contributed by atoms with Crippen molar-refractivity contribution in [3.8, 4) is 0 Å². The summed E-state index contributed by atoms with van der Waals surface area (Å²) in [7, 11) is 0. The lowest BCUT2D eigenvalue weighted by Gasteiger charge is -2.17. The molecular weight excluding hydrogens is 160 g/mol. The summed E-state index contributed by atoms with van der Waals surface area (Å²) in [5.74, 6) is 2.48. The van der Waals surface area contributed by atoms with E-state index >= 15 is 0 Å². The van der Waals surface area contributed by atoms with Gasteiger partial charge in [0.2, 0.25) is 0 Å². The predicted octanol–water partition coefficient (Wildman–Crippen LogP) is 0.468. The van der Waals surface area contributed by atoms with Crippen molar-refractivity contribution in [2.75, 3.05) is 24.7 Å². The van der Waals surface area contributed by atoms with E-state index in [4.69, 9.17) is 4.74 Å². The van der Waals surface area contributed by atoms with Gasteiger partial charge in [0.15, 0.2) is 0 Å². The van der Waals surface area contributed by atoms with E-state index in [9.17, 15) is 0 Å². The standard InChI is InChI=1S/C7H12N2OS/c1-2-11-5-6(1)8-9-7-3-10-4-7/h6,8H,1-5H2. The van der Waals surface area contributed by atoms with Crippen LogP contribution in [-0.4, -0.2) is 36.5 Å². The summed E-state index contributed by atoms with van der Waals surface area (Å²) in [6.45, 7) is 1.46. The summed E-state index contributed by atoms with van der Waals surface area (Å²) in [6.07, 6.45) is 1.25. The number of ether oxygens (including phenoxy) is 1. The maximum absolute atomic E-state index is 4.97. The van der Waals surface area contributed by atoms with Crippen LogP contribution in [0.25, 0.3) is 0 Å². The van der Waals surface area contributed by atoms with Crippen LogP contribution in [0, 0.1) is 0 Å². The monoisotopic (exact) mass is 172 g/mol. The van der Waals surface area contributed by atoms with Crippen LogP contribution in [0.5, 0.6) is 0 Å². The third-order valence-corrected chi connectivity index (χ3v) is 3.03. The molecule has 2 aliphatic rings. The summed E-state index contributed by atoms with van der Waals surface area (Å²) in [5.41, 5.74) is 4.33. The van der Waals surface area contributed by atoms with E-state index in [2.05, 4.69) is 10.5 Å². The zero-order valence-electron chi connectivity index (χ0n) is 6.38. The highest BCUT2D eigenvalue weighted by atomic mass is 32.2. The first kappa shape index (κ1) is 7.43. The van der Waals surface area contributed by atoms with Crippen molar-refractivity contribution in [2.24, 2.45) is 5.10 Å². The molecule has 2 heterocycles. The maximum Gasteiger partial charge on any atom is 0.0895 e. The SMILES string of the molecule is C1CC(NN=C2COC2)CS1. The van der Waals surface area contributed by atoms with Gasteiger partial charge in [-0.2, -0.15) is 16.9 Å². The summed E-state index contributed by atoms with van der Waals surface area (Å²) < 4.78 is 4.97. The average Bonchev–Trinajstić information content (AvgIpc) is 2.36. The van der Waals surface area contributed by atoms with Gasteiger partial charge < -0.3 is 10.2 Å². The summed E-state index contributed by atoms with van der Waals surface area (Å²) >= 11 is 2.00. The molecule has 0 aromatic carbocycles. The number of nitrogens with zero attached hydrogens (tertiary/aromatic N) is 1. The zero-order chi connectivity index (χ0) is 7.52. The number of hydrogen-bond donors (Lipinski definition) is 1. The van der Waals surface area contributed by atoms with Crippen molar-refractivity contribution >= 4 is 17.5 Å². The molecular formula is C7H12N2OS. The number of hydrazone groups is 1. The molecule has 3 nitrogen and oxygen atoms in total. The van der Waals surface area contributed by atoms with Gasteiger partial charge in [-0.05, 0) is 12.2 Å². The predicted molar refractivity (Wildman–Crippen MR) is 47.1 cm³/mol. The molecule has 2 fully saturated rings. The topological polar surface area (TPSA) is 33.6 Å². The minimum Gasteiger partial charge on any atom is -0.369 e. The highest BCUT2D eigenvalue weighted by Crippen LogP contribution is 2.16. The van der Waals surface area contributed by atoms with Gasteiger partial charge in [0.1, 0.15) is 0 Å². The van der Waals surface area contributed by atoms with Gasteiger partial charge in [-0.3, -0.25) is 0 Å². The molecule has 0 aliphatic carbocycles. The van der Waals surface area contributed by atoms with E-state index < -0.39 is 0 Å². The van der Waals surface area contributed by atoms with Gasteiger partial charge in [0.25, 0.3) is 0 Å². The molecule has 1 unspecified atom stereocenters. The van der Waals surface area contributed by atoms with Crippen LogP contribution in [0.1, 0.15) is 6.42 Å². The zero-order valence-corrected chi connectivity index (χ0v) is 7.19. The van der Waals surface area contributed by atoms with Crippen LogP contribution >= 0.6 is 11.8 Å². The molecule has 62 valence electrons. The van der Waals surface area contributed by atoms with E-state index in [0.29, 0.717) is 6.04 Å². The average molecular weight is 172 g/mol. The molecule has 1 N–H and O–H groups in total. The number of rotatable bonds is 2. The van der Waals surface area contributed by atoms with Crippen LogP contribution in [0.4, 0.5) is 0 Å². The number of thioether (sulfide) groups is 1. The molecule has 1 atom stereocenters. The molecule has 0 aromatic heterocycles. The Hall–Kier alpha value is -0.220. The molecule has 11 heavy (non-hydrogen) atoms. The van der Waals surface area contributed by atoms with Crippen molar-refractivity contribution in [2.45, 2.75) is 12.5 Å². The van der Waals surface area contributed by atoms with Crippen LogP contribution in [-0.2, 0) is 4.74 Å². The maximum atomic E-state index is 4.97. The minimum atomic E-state index is 0.605. The molecule has 0 bridgehead atoms. The van der Waals surface area contributed by atoms with E-state index in [1.165, 1.54) is 17.9 Å². The fraction of sp³-hybridized carbons (Fsp3) is 0.857. The van der Waals surface area contributed by atoms with Crippen LogP contribution in [0.3, 0.4) is 0 Å². The Morgan fingerprint density at radius 2 is 2.45 bits per heavy atom. The third-order valence-electron chi connectivity index (χ3n) is 1.87. The summed E-state index contributed by atoms with van der Waals surface area (Å²) in [5, 5.41) is 4.24. The normalized spacial score (nSPS) is 29.8. The molecule has 4 heteroatoms. The molecule has 2 saturated heterocycles. The molecule has 2 rings (SSSR count). The Labute approximate surface area is 70.6 Å². The highest BCUT2D eigenvalue weighted by Gasteiger charge is 2.15. The van der Waals surface area contributed by atoms with Crippen molar-refractivity contribution in [1.82, 2.24) is 5.43 Å². The smallest absolute Gasteiger partial charge is 0.0895 e. The van der Waals surface area contributed by atoms with Gasteiger partial charge in [-0.15, -0.1) is 0 Å². The third kappa shape index (κ3) is 1.87. The lowest BCUT2D eigenvalue weighted by molar-refractivity contribution is 0.157. The van der Waals surface area contributed by atoms with Gasteiger partial charge >= 0.3 is 0 Å². The van der Waals surface area contributed by atoms with Gasteiger partial charge in [-0.1, -0.05) is 0 Å². The lowest BCUT2D eigenvalue weighted by Crippen LogP contribution is -2.33. The van der Waals surface area contributed by atoms with E-state index in [1.54, 1.807) is 0 Å². The minimum absolute atomic E-state index is 0.605. The van der Waals surface area contributed by atoms with Crippen molar-refractivity contribution in [3.05, 3.63) is 0 Å². The first-order chi connectivity index (χ1) is 5.45. The first-order valence-corrected chi connectivity index (χ1v) is 5.07. The molecule has 0 radical (unpaired) electrons. The number of nitrogens with one attached hydrogen (secondary N) is 1. The van der Waals surface area contributed by atoms with Crippen molar-refractivity contribution in [1.29, 1.82) is 0 Å². The molecule has 2 aliphatic heterocycles. The Kier molecular flexibility index (Phi) is 2.33. The van der Waals surface area contributed by atoms with Gasteiger partial charge in [-0.25, -0.2) is 0 Å². The highest BCUT2D eigenvalue weighted by molar-refractivity contribution is 7.99. The van der Waals surface area contributed by atoms with E-state index in [1.807, 2.05) is 11.8 Å². The molecule has 0 amide bonds. The van der Waals surface area contributed by atoms with Crippen molar-refractivity contribution in [3.63, 3.8) is 0 Å². The quantitative estimate of drug-likeness (QED) is 0.615. The molecule has 0 spiro atoms. The first-order valence-electron chi connectivity index (χ1n) is 3.91. The fourth-order valence-corrected chi connectivity index (χ4v) is 2.22.